The van der Waals surface area contributed by atoms with Crippen molar-refractivity contribution >= 4 is 6.03 Å². The fourth-order valence-electron chi connectivity index (χ4n) is 3.14. The zero-order chi connectivity index (χ0) is 16.8. The van der Waals surface area contributed by atoms with Crippen LogP contribution in [0.4, 0.5) is 4.79 Å². The van der Waals surface area contributed by atoms with Crippen LogP contribution in [0.3, 0.4) is 0 Å². The third kappa shape index (κ3) is 4.13. The third-order valence-electron chi connectivity index (χ3n) is 4.83. The van der Waals surface area contributed by atoms with Gasteiger partial charge < -0.3 is 10.2 Å². The Bertz CT molecular complexity index is 638. The molecule has 1 fully saturated rings. The van der Waals surface area contributed by atoms with Crippen LogP contribution in [0.5, 0.6) is 0 Å². The van der Waals surface area contributed by atoms with Crippen LogP contribution in [0.15, 0.2) is 54.9 Å². The van der Waals surface area contributed by atoms with Gasteiger partial charge in [0.1, 0.15) is 0 Å². The fraction of sp³-hybridized carbons (Fsp3) is 0.400. The standard InChI is InChI=1S/C20H25N3O/c1-2-16(12-17-6-4-3-5-7-17)13-22-20(24)23-14-19(15-23)18-8-10-21-11-9-18/h3-11,16,19H,2,12-15H2,1H3,(H,22,24)/t16-/m1/s1. The quantitative estimate of drug-likeness (QED) is 0.885. The molecule has 4 nitrogen and oxygen atoms in total. The second-order valence-corrected chi connectivity index (χ2v) is 6.53. The molecule has 126 valence electrons. The molecule has 0 radical (unpaired) electrons. The molecule has 0 saturated carbocycles. The average Bonchev–Trinajstić information content (AvgIpc) is 2.59. The summed E-state index contributed by atoms with van der Waals surface area (Å²) < 4.78 is 0. The molecule has 1 aliphatic rings. The minimum atomic E-state index is 0.0619. The highest BCUT2D eigenvalue weighted by molar-refractivity contribution is 5.75. The van der Waals surface area contributed by atoms with E-state index in [9.17, 15) is 4.79 Å². The zero-order valence-electron chi connectivity index (χ0n) is 14.2. The van der Waals surface area contributed by atoms with Crippen LogP contribution in [0.1, 0.15) is 30.4 Å². The predicted molar refractivity (Wildman–Crippen MR) is 95.9 cm³/mol. The number of aromatic nitrogens is 1. The molecule has 2 amide bonds. The van der Waals surface area contributed by atoms with Gasteiger partial charge >= 0.3 is 6.03 Å². The Kier molecular flexibility index (Phi) is 5.47. The van der Waals surface area contributed by atoms with Crippen LogP contribution in [0.25, 0.3) is 0 Å². The van der Waals surface area contributed by atoms with Gasteiger partial charge in [0.05, 0.1) is 0 Å². The number of pyridine rings is 1. The van der Waals surface area contributed by atoms with Crippen molar-refractivity contribution in [3.8, 4) is 0 Å². The van der Waals surface area contributed by atoms with Crippen molar-refractivity contribution < 1.29 is 4.79 Å². The molecule has 0 aliphatic carbocycles. The van der Waals surface area contributed by atoms with Gasteiger partial charge in [-0.15, -0.1) is 0 Å². The summed E-state index contributed by atoms with van der Waals surface area (Å²) in [4.78, 5) is 18.2. The van der Waals surface area contributed by atoms with E-state index >= 15 is 0 Å². The first-order valence-corrected chi connectivity index (χ1v) is 8.73. The highest BCUT2D eigenvalue weighted by Gasteiger charge is 2.31. The number of amides is 2. The van der Waals surface area contributed by atoms with Crippen molar-refractivity contribution in [1.29, 1.82) is 0 Å². The monoisotopic (exact) mass is 323 g/mol. The maximum atomic E-state index is 12.3. The van der Waals surface area contributed by atoms with E-state index in [-0.39, 0.29) is 6.03 Å². The Balaban J connectivity index is 1.42. The van der Waals surface area contributed by atoms with Crippen molar-refractivity contribution in [3.05, 3.63) is 66.0 Å². The maximum absolute atomic E-state index is 12.3. The Labute approximate surface area is 143 Å². The lowest BCUT2D eigenvalue weighted by molar-refractivity contribution is 0.150. The summed E-state index contributed by atoms with van der Waals surface area (Å²) in [6.07, 6.45) is 5.70. The van der Waals surface area contributed by atoms with E-state index in [1.807, 2.05) is 35.5 Å². The molecule has 0 bridgehead atoms. The molecular formula is C20H25N3O. The molecule has 1 aromatic carbocycles. The fourth-order valence-corrected chi connectivity index (χ4v) is 3.14. The van der Waals surface area contributed by atoms with Crippen molar-refractivity contribution in [2.24, 2.45) is 5.92 Å². The number of nitrogens with zero attached hydrogens (tertiary/aromatic N) is 2. The number of hydrogen-bond acceptors (Lipinski definition) is 2. The molecule has 1 N–H and O–H groups in total. The summed E-state index contributed by atoms with van der Waals surface area (Å²) in [5.41, 5.74) is 2.60. The van der Waals surface area contributed by atoms with Crippen LogP contribution in [-0.4, -0.2) is 35.5 Å². The van der Waals surface area contributed by atoms with E-state index in [0.29, 0.717) is 11.8 Å². The normalized spacial score (nSPS) is 15.6. The molecule has 1 aliphatic heterocycles. The first-order chi connectivity index (χ1) is 11.8. The second-order valence-electron chi connectivity index (χ2n) is 6.53. The van der Waals surface area contributed by atoms with Crippen LogP contribution < -0.4 is 5.32 Å². The van der Waals surface area contributed by atoms with Crippen LogP contribution in [-0.2, 0) is 6.42 Å². The van der Waals surface area contributed by atoms with Gasteiger partial charge in [-0.05, 0) is 35.6 Å². The third-order valence-corrected chi connectivity index (χ3v) is 4.83. The number of nitrogens with one attached hydrogen (secondary N) is 1. The molecule has 2 heterocycles. The predicted octanol–water partition coefficient (Wildman–Crippen LogP) is 3.46. The van der Waals surface area contributed by atoms with Crippen LogP contribution >= 0.6 is 0 Å². The van der Waals surface area contributed by atoms with Gasteiger partial charge in [0.2, 0.25) is 0 Å². The molecule has 0 unspecified atom stereocenters. The molecule has 3 rings (SSSR count). The highest BCUT2D eigenvalue weighted by atomic mass is 16.2. The lowest BCUT2D eigenvalue weighted by Crippen LogP contribution is -2.53. The topological polar surface area (TPSA) is 45.2 Å². The number of carbonyl (C=O) groups excluding carboxylic acids is 1. The molecule has 24 heavy (non-hydrogen) atoms. The van der Waals surface area contributed by atoms with E-state index in [2.05, 4.69) is 41.5 Å². The molecule has 2 aromatic rings. The number of urea groups is 1. The Morgan fingerprint density at radius 3 is 2.58 bits per heavy atom. The van der Waals surface area contributed by atoms with Gasteiger partial charge in [0, 0.05) is 37.9 Å². The Morgan fingerprint density at radius 2 is 1.92 bits per heavy atom. The minimum absolute atomic E-state index is 0.0619. The van der Waals surface area contributed by atoms with E-state index < -0.39 is 0 Å². The first-order valence-electron chi connectivity index (χ1n) is 8.73. The van der Waals surface area contributed by atoms with E-state index in [4.69, 9.17) is 0 Å². The number of rotatable bonds is 6. The van der Waals surface area contributed by atoms with E-state index in [1.165, 1.54) is 11.1 Å². The van der Waals surface area contributed by atoms with Crippen molar-refractivity contribution in [1.82, 2.24) is 15.2 Å². The SMILES string of the molecule is CC[C@@H](CNC(=O)N1CC(c2ccncc2)C1)Cc1ccccc1. The molecule has 4 heteroatoms. The van der Waals surface area contributed by atoms with E-state index in [0.717, 1.165) is 32.5 Å². The van der Waals surface area contributed by atoms with Gasteiger partial charge in [0.25, 0.3) is 0 Å². The number of carbonyl (C=O) groups is 1. The number of benzene rings is 1. The lowest BCUT2D eigenvalue weighted by Gasteiger charge is -2.39. The molecule has 1 atom stereocenters. The molecule has 1 saturated heterocycles. The first kappa shape index (κ1) is 16.5. The van der Waals surface area contributed by atoms with Gasteiger partial charge in [0.15, 0.2) is 0 Å². The Morgan fingerprint density at radius 1 is 1.21 bits per heavy atom. The van der Waals surface area contributed by atoms with Crippen molar-refractivity contribution in [2.45, 2.75) is 25.7 Å². The Hall–Kier alpha value is -2.36. The molecule has 0 spiro atoms. The van der Waals surface area contributed by atoms with Crippen molar-refractivity contribution in [3.63, 3.8) is 0 Å². The van der Waals surface area contributed by atoms with Gasteiger partial charge in [-0.1, -0.05) is 43.7 Å². The summed E-state index contributed by atoms with van der Waals surface area (Å²) >= 11 is 0. The summed E-state index contributed by atoms with van der Waals surface area (Å²) in [6, 6.07) is 14.6. The zero-order valence-corrected chi connectivity index (χ0v) is 14.2. The van der Waals surface area contributed by atoms with Gasteiger partial charge in [-0.25, -0.2) is 4.79 Å². The molecule has 1 aromatic heterocycles. The largest absolute Gasteiger partial charge is 0.338 e. The summed E-state index contributed by atoms with van der Waals surface area (Å²) in [7, 11) is 0. The maximum Gasteiger partial charge on any atom is 0.317 e. The molecular weight excluding hydrogens is 298 g/mol. The second kappa shape index (κ2) is 7.95. The summed E-state index contributed by atoms with van der Waals surface area (Å²) in [5, 5.41) is 3.10. The smallest absolute Gasteiger partial charge is 0.317 e. The van der Waals surface area contributed by atoms with Gasteiger partial charge in [-0.3, -0.25) is 4.98 Å². The number of hydrogen-bond donors (Lipinski definition) is 1. The number of likely N-dealkylation sites (tertiary alicyclic amines) is 1. The summed E-state index contributed by atoms with van der Waals surface area (Å²) in [5.74, 6) is 0.929. The van der Waals surface area contributed by atoms with Crippen molar-refractivity contribution in [2.75, 3.05) is 19.6 Å². The van der Waals surface area contributed by atoms with Crippen LogP contribution in [0.2, 0.25) is 0 Å². The van der Waals surface area contributed by atoms with E-state index in [1.54, 1.807) is 0 Å². The lowest BCUT2D eigenvalue weighted by atomic mass is 9.92. The highest BCUT2D eigenvalue weighted by Crippen LogP contribution is 2.26. The minimum Gasteiger partial charge on any atom is -0.338 e. The average molecular weight is 323 g/mol. The summed E-state index contributed by atoms with van der Waals surface area (Å²) in [6.45, 7) is 4.51. The van der Waals surface area contributed by atoms with Crippen LogP contribution in [0, 0.1) is 5.92 Å². The van der Waals surface area contributed by atoms with Gasteiger partial charge in [-0.2, -0.15) is 0 Å².